The van der Waals surface area contributed by atoms with Gasteiger partial charge in [0.05, 0.1) is 4.90 Å². The van der Waals surface area contributed by atoms with Crippen LogP contribution in [0.15, 0.2) is 23.1 Å². The molecule has 4 nitrogen and oxygen atoms in total. The van der Waals surface area contributed by atoms with Crippen molar-refractivity contribution >= 4 is 21.4 Å². The number of hydrogen-bond donors (Lipinski definition) is 0. The van der Waals surface area contributed by atoms with Gasteiger partial charge < -0.3 is 4.90 Å². The summed E-state index contributed by atoms with van der Waals surface area (Å²) < 4.78 is 46.0. The zero-order valence-corrected chi connectivity index (χ0v) is 10.7. The van der Waals surface area contributed by atoms with E-state index in [4.69, 9.17) is 4.11 Å². The maximum absolute atomic E-state index is 12.2. The fourth-order valence-corrected chi connectivity index (χ4v) is 3.22. The first-order valence-electron chi connectivity index (χ1n) is 7.26. The Labute approximate surface area is 111 Å². The van der Waals surface area contributed by atoms with Crippen molar-refractivity contribution in [3.8, 4) is 0 Å². The summed E-state index contributed by atoms with van der Waals surface area (Å²) in [5.74, 6) is -0.218. The summed E-state index contributed by atoms with van der Waals surface area (Å²) in [7, 11) is -3.36. The summed E-state index contributed by atoms with van der Waals surface area (Å²) in [6, 6.07) is 4.33. The highest BCUT2D eigenvalue weighted by molar-refractivity contribution is 7.90. The first-order valence-corrected chi connectivity index (χ1v) is 7.65. The van der Waals surface area contributed by atoms with E-state index in [9.17, 15) is 13.2 Å². The van der Waals surface area contributed by atoms with Gasteiger partial charge in [0.1, 0.15) is 0 Å². The minimum absolute atomic E-state index is 0.0815. The van der Waals surface area contributed by atoms with Gasteiger partial charge >= 0.3 is 0 Å². The topological polar surface area (TPSA) is 54.5 Å². The Morgan fingerprint density at radius 1 is 1.44 bits per heavy atom. The Hall–Kier alpha value is -1.36. The molecule has 1 heterocycles. The fraction of sp³-hybridized carbons (Fsp3) is 0.462. The molecular formula is C13H15NO3S. The van der Waals surface area contributed by atoms with Gasteiger partial charge in [-0.15, -0.1) is 0 Å². The minimum atomic E-state index is -3.36. The molecule has 0 radical (unpaired) electrons. The SMILES string of the molecule is [2H]C([2H])([2H])N1C(=O)CC2CC2c2cc(S(C)(=O)=O)ccc21. The maximum atomic E-state index is 12.2. The Morgan fingerprint density at radius 2 is 2.22 bits per heavy atom. The summed E-state index contributed by atoms with van der Waals surface area (Å²) in [6.45, 7) is -2.56. The molecule has 2 unspecified atom stereocenters. The van der Waals surface area contributed by atoms with Crippen molar-refractivity contribution < 1.29 is 17.3 Å². The van der Waals surface area contributed by atoms with Crippen LogP contribution in [0.2, 0.25) is 0 Å². The lowest BCUT2D eigenvalue weighted by Crippen LogP contribution is -2.26. The van der Waals surface area contributed by atoms with Gasteiger partial charge in [0, 0.05) is 29.5 Å². The van der Waals surface area contributed by atoms with Crippen LogP contribution in [0.3, 0.4) is 0 Å². The zero-order chi connectivity index (χ0) is 15.6. The average molecular weight is 268 g/mol. The molecule has 0 spiro atoms. The van der Waals surface area contributed by atoms with E-state index in [1.807, 2.05) is 0 Å². The molecule has 0 N–H and O–H groups in total. The molecule has 2 atom stereocenters. The number of carbonyl (C=O) groups excluding carboxylic acids is 1. The van der Waals surface area contributed by atoms with Gasteiger partial charge in [0.2, 0.25) is 5.91 Å². The van der Waals surface area contributed by atoms with Crippen molar-refractivity contribution in [2.24, 2.45) is 5.92 Å². The monoisotopic (exact) mass is 268 g/mol. The van der Waals surface area contributed by atoms with Crippen LogP contribution in [0, 0.1) is 5.92 Å². The molecule has 0 saturated heterocycles. The second-order valence-corrected chi connectivity index (χ2v) is 7.04. The van der Waals surface area contributed by atoms with E-state index in [2.05, 4.69) is 0 Å². The number of nitrogens with zero attached hydrogens (tertiary/aromatic N) is 1. The van der Waals surface area contributed by atoms with Crippen molar-refractivity contribution in [2.45, 2.75) is 23.7 Å². The normalized spacial score (nSPS) is 29.5. The first-order chi connectivity index (χ1) is 9.59. The summed E-state index contributed by atoms with van der Waals surface area (Å²) >= 11 is 0. The molecule has 5 heteroatoms. The lowest BCUT2D eigenvalue weighted by Gasteiger charge is -2.19. The summed E-state index contributed by atoms with van der Waals surface area (Å²) in [5.41, 5.74) is 0.974. The first kappa shape index (κ1) is 8.69. The van der Waals surface area contributed by atoms with E-state index in [0.29, 0.717) is 11.3 Å². The highest BCUT2D eigenvalue weighted by atomic mass is 32.2. The molecule has 1 aliphatic heterocycles. The smallest absolute Gasteiger partial charge is 0.227 e. The molecule has 1 aromatic carbocycles. The van der Waals surface area contributed by atoms with Gasteiger partial charge in [0.15, 0.2) is 9.84 Å². The summed E-state index contributed by atoms with van der Waals surface area (Å²) in [4.78, 5) is 13.2. The predicted octanol–water partition coefficient (Wildman–Crippen LogP) is 1.56. The van der Waals surface area contributed by atoms with Crippen molar-refractivity contribution in [1.29, 1.82) is 0 Å². The molecule has 1 amide bonds. The predicted molar refractivity (Wildman–Crippen MR) is 68.4 cm³/mol. The third kappa shape index (κ3) is 1.73. The van der Waals surface area contributed by atoms with Crippen LogP contribution in [0.25, 0.3) is 0 Å². The second kappa shape index (κ2) is 3.57. The number of benzene rings is 1. The quantitative estimate of drug-likeness (QED) is 0.776. The molecular weight excluding hydrogens is 250 g/mol. The van der Waals surface area contributed by atoms with Crippen LogP contribution in [0.5, 0.6) is 0 Å². The molecule has 0 aromatic heterocycles. The van der Waals surface area contributed by atoms with Gasteiger partial charge in [-0.25, -0.2) is 8.42 Å². The number of sulfone groups is 1. The summed E-state index contributed by atoms with van der Waals surface area (Å²) in [6.07, 6.45) is 2.12. The Balaban J connectivity index is 2.19. The molecule has 3 rings (SSSR count). The van der Waals surface area contributed by atoms with E-state index in [-0.39, 0.29) is 23.2 Å². The molecule has 1 saturated carbocycles. The molecule has 1 aliphatic carbocycles. The molecule has 1 aromatic rings. The van der Waals surface area contributed by atoms with Crippen molar-refractivity contribution in [1.82, 2.24) is 0 Å². The highest BCUT2D eigenvalue weighted by Crippen LogP contribution is 2.54. The fourth-order valence-electron chi connectivity index (χ4n) is 2.57. The van der Waals surface area contributed by atoms with Gasteiger partial charge in [-0.1, -0.05) is 0 Å². The number of amides is 1. The van der Waals surface area contributed by atoms with Gasteiger partial charge in [0.25, 0.3) is 0 Å². The Kier molecular flexibility index (Phi) is 1.72. The van der Waals surface area contributed by atoms with Crippen LogP contribution in [-0.2, 0) is 14.6 Å². The van der Waals surface area contributed by atoms with E-state index in [1.165, 1.54) is 18.2 Å². The van der Waals surface area contributed by atoms with E-state index in [1.54, 1.807) is 0 Å². The van der Waals surface area contributed by atoms with Gasteiger partial charge in [-0.05, 0) is 42.0 Å². The standard InChI is InChI=1S/C13H15NO3S/c1-14-12-4-3-9(18(2,16)17)7-11(12)10-5-8(10)6-13(14)15/h3-4,7-8,10H,5-6H2,1-2H3/i1D3. The maximum Gasteiger partial charge on any atom is 0.227 e. The average Bonchev–Trinajstić information content (AvgIpc) is 3.04. The summed E-state index contributed by atoms with van der Waals surface area (Å²) in [5, 5.41) is 0. The number of anilines is 1. The van der Waals surface area contributed by atoms with Crippen molar-refractivity contribution in [3.63, 3.8) is 0 Å². The van der Waals surface area contributed by atoms with Gasteiger partial charge in [-0.2, -0.15) is 0 Å². The molecule has 0 bridgehead atoms. The zero-order valence-electron chi connectivity index (χ0n) is 12.9. The largest absolute Gasteiger partial charge is 0.315 e. The Bertz CT molecular complexity index is 727. The Morgan fingerprint density at radius 3 is 2.89 bits per heavy atom. The lowest BCUT2D eigenvalue weighted by atomic mass is 10.1. The lowest BCUT2D eigenvalue weighted by molar-refractivity contribution is -0.118. The minimum Gasteiger partial charge on any atom is -0.315 e. The van der Waals surface area contributed by atoms with E-state index in [0.717, 1.165) is 17.6 Å². The van der Waals surface area contributed by atoms with Crippen LogP contribution in [0.1, 0.15) is 28.4 Å². The van der Waals surface area contributed by atoms with Crippen LogP contribution < -0.4 is 4.90 Å². The number of rotatable bonds is 1. The van der Waals surface area contributed by atoms with Crippen LogP contribution in [-0.4, -0.2) is 27.6 Å². The highest BCUT2D eigenvalue weighted by Gasteiger charge is 2.44. The van der Waals surface area contributed by atoms with E-state index >= 15 is 0 Å². The van der Waals surface area contributed by atoms with Crippen LogP contribution >= 0.6 is 0 Å². The molecule has 18 heavy (non-hydrogen) atoms. The third-order valence-corrected chi connectivity index (χ3v) is 4.79. The van der Waals surface area contributed by atoms with E-state index < -0.39 is 22.7 Å². The second-order valence-electron chi connectivity index (χ2n) is 5.03. The third-order valence-electron chi connectivity index (χ3n) is 3.68. The number of hydrogen-bond acceptors (Lipinski definition) is 3. The molecule has 96 valence electrons. The van der Waals surface area contributed by atoms with Crippen molar-refractivity contribution in [2.75, 3.05) is 18.1 Å². The van der Waals surface area contributed by atoms with Crippen LogP contribution in [0.4, 0.5) is 5.69 Å². The molecule has 1 fully saturated rings. The van der Waals surface area contributed by atoms with Gasteiger partial charge in [-0.3, -0.25) is 4.79 Å². The number of carbonyl (C=O) groups is 1. The number of fused-ring (bicyclic) bond motifs is 3. The van der Waals surface area contributed by atoms with Crippen molar-refractivity contribution in [3.05, 3.63) is 23.8 Å². The molecule has 2 aliphatic rings.